The molecule has 0 atom stereocenters. The van der Waals surface area contributed by atoms with Gasteiger partial charge >= 0.3 is 0 Å². The van der Waals surface area contributed by atoms with Gasteiger partial charge in [0.25, 0.3) is 0 Å². The molecular formula is C16H26N2O2. The van der Waals surface area contributed by atoms with Crippen molar-refractivity contribution in [1.82, 2.24) is 10.2 Å². The smallest absolute Gasteiger partial charge is 0.123 e. The van der Waals surface area contributed by atoms with Gasteiger partial charge in [-0.1, -0.05) is 13.0 Å². The van der Waals surface area contributed by atoms with Gasteiger partial charge in [0, 0.05) is 24.2 Å². The number of likely N-dealkylation sites (tertiary alicyclic amines) is 1. The SMILES string of the molecule is CCCN1CCC(NCc2ccc(OC)cc2O)CC1. The third-order valence-electron chi connectivity index (χ3n) is 4.00. The molecule has 4 heteroatoms. The molecule has 2 N–H and O–H groups in total. The monoisotopic (exact) mass is 278 g/mol. The number of benzene rings is 1. The van der Waals surface area contributed by atoms with Crippen LogP contribution in [0.2, 0.25) is 0 Å². The van der Waals surface area contributed by atoms with Gasteiger partial charge in [0.1, 0.15) is 11.5 Å². The van der Waals surface area contributed by atoms with Crippen LogP contribution in [0.1, 0.15) is 31.7 Å². The van der Waals surface area contributed by atoms with E-state index < -0.39 is 0 Å². The maximum atomic E-state index is 9.94. The van der Waals surface area contributed by atoms with Crippen molar-refractivity contribution in [3.05, 3.63) is 23.8 Å². The molecule has 0 amide bonds. The summed E-state index contributed by atoms with van der Waals surface area (Å²) in [6.45, 7) is 6.53. The van der Waals surface area contributed by atoms with Gasteiger partial charge in [-0.3, -0.25) is 0 Å². The predicted molar refractivity (Wildman–Crippen MR) is 81.3 cm³/mol. The molecule has 1 aromatic carbocycles. The first-order valence-electron chi connectivity index (χ1n) is 7.54. The summed E-state index contributed by atoms with van der Waals surface area (Å²) < 4.78 is 5.09. The van der Waals surface area contributed by atoms with Crippen LogP contribution < -0.4 is 10.1 Å². The van der Waals surface area contributed by atoms with Crippen LogP contribution in [0, 0.1) is 0 Å². The molecule has 4 nitrogen and oxygen atoms in total. The third-order valence-corrected chi connectivity index (χ3v) is 4.00. The summed E-state index contributed by atoms with van der Waals surface area (Å²) in [7, 11) is 1.61. The molecule has 0 spiro atoms. The summed E-state index contributed by atoms with van der Waals surface area (Å²) in [5.74, 6) is 0.999. The molecule has 0 unspecified atom stereocenters. The molecule has 1 aliphatic rings. The van der Waals surface area contributed by atoms with E-state index >= 15 is 0 Å². The first kappa shape index (κ1) is 15.1. The lowest BCUT2D eigenvalue weighted by Crippen LogP contribution is -2.42. The van der Waals surface area contributed by atoms with Crippen LogP contribution in [0.4, 0.5) is 0 Å². The maximum absolute atomic E-state index is 9.94. The Morgan fingerprint density at radius 1 is 1.35 bits per heavy atom. The van der Waals surface area contributed by atoms with E-state index in [4.69, 9.17) is 4.74 Å². The highest BCUT2D eigenvalue weighted by atomic mass is 16.5. The van der Waals surface area contributed by atoms with Crippen LogP contribution >= 0.6 is 0 Å². The molecule has 1 aromatic rings. The first-order valence-corrected chi connectivity index (χ1v) is 7.54. The van der Waals surface area contributed by atoms with Crippen molar-refractivity contribution in [3.63, 3.8) is 0 Å². The standard InChI is InChI=1S/C16H26N2O2/c1-3-8-18-9-6-14(7-10-18)17-12-13-4-5-15(20-2)11-16(13)19/h4-5,11,14,17,19H,3,6-10,12H2,1-2H3. The molecule has 0 bridgehead atoms. The summed E-state index contributed by atoms with van der Waals surface area (Å²) in [5.41, 5.74) is 0.932. The molecule has 0 saturated carbocycles. The Morgan fingerprint density at radius 3 is 2.70 bits per heavy atom. The summed E-state index contributed by atoms with van der Waals surface area (Å²) in [6.07, 6.45) is 3.62. The van der Waals surface area contributed by atoms with Gasteiger partial charge in [-0.25, -0.2) is 0 Å². The lowest BCUT2D eigenvalue weighted by atomic mass is 10.0. The van der Waals surface area contributed by atoms with E-state index in [0.29, 0.717) is 24.1 Å². The fraction of sp³-hybridized carbons (Fsp3) is 0.625. The number of nitrogens with one attached hydrogen (secondary N) is 1. The van der Waals surface area contributed by atoms with Crippen LogP contribution in [-0.2, 0) is 6.54 Å². The second kappa shape index (κ2) is 7.50. The van der Waals surface area contributed by atoms with Gasteiger partial charge in [-0.2, -0.15) is 0 Å². The zero-order valence-corrected chi connectivity index (χ0v) is 12.6. The minimum atomic E-state index is 0.306. The average molecular weight is 278 g/mol. The molecule has 1 aliphatic heterocycles. The molecule has 0 aliphatic carbocycles. The second-order valence-corrected chi connectivity index (χ2v) is 5.49. The molecule has 0 aromatic heterocycles. The van der Waals surface area contributed by atoms with Crippen LogP contribution in [0.15, 0.2) is 18.2 Å². The lowest BCUT2D eigenvalue weighted by Gasteiger charge is -2.32. The van der Waals surface area contributed by atoms with Crippen LogP contribution in [0.3, 0.4) is 0 Å². The molecule has 1 fully saturated rings. The van der Waals surface area contributed by atoms with E-state index in [1.54, 1.807) is 13.2 Å². The number of rotatable bonds is 6. The molecule has 20 heavy (non-hydrogen) atoms. The zero-order valence-electron chi connectivity index (χ0n) is 12.6. The number of methoxy groups -OCH3 is 1. The molecule has 2 rings (SSSR count). The first-order chi connectivity index (χ1) is 9.72. The topological polar surface area (TPSA) is 44.7 Å². The van der Waals surface area contributed by atoms with E-state index in [-0.39, 0.29) is 0 Å². The van der Waals surface area contributed by atoms with Crippen molar-refractivity contribution in [1.29, 1.82) is 0 Å². The third kappa shape index (κ3) is 4.12. The highest BCUT2D eigenvalue weighted by molar-refractivity contribution is 5.39. The van der Waals surface area contributed by atoms with Crippen molar-refractivity contribution in [3.8, 4) is 11.5 Å². The van der Waals surface area contributed by atoms with E-state index in [2.05, 4.69) is 17.1 Å². The van der Waals surface area contributed by atoms with Crippen molar-refractivity contribution < 1.29 is 9.84 Å². The number of piperidine rings is 1. The number of aromatic hydroxyl groups is 1. The Balaban J connectivity index is 1.78. The Hall–Kier alpha value is -1.26. The van der Waals surface area contributed by atoms with Gasteiger partial charge in [0.2, 0.25) is 0 Å². The summed E-state index contributed by atoms with van der Waals surface area (Å²) in [6, 6.07) is 6.04. The Labute approximate surface area is 121 Å². The maximum Gasteiger partial charge on any atom is 0.123 e. The molecule has 112 valence electrons. The largest absolute Gasteiger partial charge is 0.507 e. The Morgan fingerprint density at radius 2 is 2.10 bits per heavy atom. The number of ether oxygens (including phenoxy) is 1. The minimum absolute atomic E-state index is 0.306. The van der Waals surface area contributed by atoms with E-state index in [0.717, 1.165) is 5.56 Å². The highest BCUT2D eigenvalue weighted by Crippen LogP contribution is 2.23. The minimum Gasteiger partial charge on any atom is -0.507 e. The summed E-state index contributed by atoms with van der Waals surface area (Å²) in [5, 5.41) is 13.5. The van der Waals surface area contributed by atoms with Gasteiger partial charge in [-0.15, -0.1) is 0 Å². The van der Waals surface area contributed by atoms with Crippen LogP contribution in [0.25, 0.3) is 0 Å². The summed E-state index contributed by atoms with van der Waals surface area (Å²) >= 11 is 0. The average Bonchev–Trinajstić information content (AvgIpc) is 2.48. The fourth-order valence-corrected chi connectivity index (χ4v) is 2.75. The van der Waals surface area contributed by atoms with E-state index in [9.17, 15) is 5.11 Å². The number of nitrogens with zero attached hydrogens (tertiary/aromatic N) is 1. The Bertz CT molecular complexity index is 415. The van der Waals surface area contributed by atoms with Gasteiger partial charge in [0.05, 0.1) is 7.11 Å². The predicted octanol–water partition coefficient (Wildman–Crippen LogP) is 2.36. The zero-order chi connectivity index (χ0) is 14.4. The van der Waals surface area contributed by atoms with Crippen molar-refractivity contribution in [2.24, 2.45) is 0 Å². The lowest BCUT2D eigenvalue weighted by molar-refractivity contribution is 0.197. The second-order valence-electron chi connectivity index (χ2n) is 5.49. The number of phenols is 1. The van der Waals surface area contributed by atoms with E-state index in [1.807, 2.05) is 12.1 Å². The molecule has 1 saturated heterocycles. The van der Waals surface area contributed by atoms with Crippen LogP contribution in [-0.4, -0.2) is 42.8 Å². The number of phenolic OH excluding ortho intramolecular Hbond substituents is 1. The van der Waals surface area contributed by atoms with Crippen molar-refractivity contribution in [2.45, 2.75) is 38.8 Å². The normalized spacial score (nSPS) is 17.3. The van der Waals surface area contributed by atoms with Crippen molar-refractivity contribution in [2.75, 3.05) is 26.7 Å². The highest BCUT2D eigenvalue weighted by Gasteiger charge is 2.18. The van der Waals surface area contributed by atoms with Gasteiger partial charge < -0.3 is 20.1 Å². The van der Waals surface area contributed by atoms with Crippen molar-refractivity contribution >= 4 is 0 Å². The Kier molecular flexibility index (Phi) is 5.68. The summed E-state index contributed by atoms with van der Waals surface area (Å²) in [4.78, 5) is 2.53. The van der Waals surface area contributed by atoms with Crippen LogP contribution in [0.5, 0.6) is 11.5 Å². The molecule has 1 heterocycles. The number of hydrogen-bond donors (Lipinski definition) is 2. The fourth-order valence-electron chi connectivity index (χ4n) is 2.75. The van der Waals surface area contributed by atoms with Gasteiger partial charge in [-0.05, 0) is 45.0 Å². The van der Waals surface area contributed by atoms with Gasteiger partial charge in [0.15, 0.2) is 0 Å². The number of hydrogen-bond acceptors (Lipinski definition) is 4. The molecular weight excluding hydrogens is 252 g/mol. The molecule has 0 radical (unpaired) electrons. The van der Waals surface area contributed by atoms with E-state index in [1.165, 1.54) is 38.9 Å². The quantitative estimate of drug-likeness (QED) is 0.838.